The summed E-state index contributed by atoms with van der Waals surface area (Å²) in [6.07, 6.45) is 3.35. The van der Waals surface area contributed by atoms with E-state index < -0.39 is 19.9 Å². The van der Waals surface area contributed by atoms with Crippen LogP contribution in [0, 0.1) is 5.41 Å². The highest BCUT2D eigenvalue weighted by Crippen LogP contribution is 2.36. The van der Waals surface area contributed by atoms with Crippen molar-refractivity contribution in [2.75, 3.05) is 34.1 Å². The topological polar surface area (TPSA) is 80.3 Å². The molecule has 168 valence electrons. The molecule has 1 aromatic carbocycles. The quantitative estimate of drug-likeness (QED) is 0.257. The molecule has 0 saturated carbocycles. The number of esters is 1. The Morgan fingerprint density at radius 2 is 1.67 bits per heavy atom. The summed E-state index contributed by atoms with van der Waals surface area (Å²) >= 11 is 0. The zero-order chi connectivity index (χ0) is 22.6. The van der Waals surface area contributed by atoms with Crippen LogP contribution in [0.15, 0.2) is 36.4 Å². The van der Waals surface area contributed by atoms with Gasteiger partial charge in [-0.05, 0) is 44.9 Å². The van der Waals surface area contributed by atoms with Gasteiger partial charge in [0.15, 0.2) is 14.2 Å². The molecule has 0 saturated heterocycles. The molecule has 0 aliphatic heterocycles. The maximum absolute atomic E-state index is 12.7. The van der Waals surface area contributed by atoms with E-state index in [1.165, 1.54) is 14.2 Å². The molecule has 0 bridgehead atoms. The van der Waals surface area contributed by atoms with Gasteiger partial charge >= 0.3 is 5.97 Å². The van der Waals surface area contributed by atoms with E-state index in [0.29, 0.717) is 6.42 Å². The Morgan fingerprint density at radius 3 is 2.20 bits per heavy atom. The van der Waals surface area contributed by atoms with Crippen LogP contribution in [0.4, 0.5) is 0 Å². The third-order valence-corrected chi connectivity index (χ3v) is 5.49. The second kappa shape index (κ2) is 13.5. The summed E-state index contributed by atoms with van der Waals surface area (Å²) in [5.41, 5.74) is 0.378. The van der Waals surface area contributed by atoms with Gasteiger partial charge in [-0.25, -0.2) is 0 Å². The van der Waals surface area contributed by atoms with Crippen molar-refractivity contribution < 1.29 is 32.8 Å². The van der Waals surface area contributed by atoms with Gasteiger partial charge in [0, 0.05) is 14.2 Å². The lowest BCUT2D eigenvalue weighted by Gasteiger charge is -2.18. The minimum absolute atomic E-state index is 0.102. The van der Waals surface area contributed by atoms with E-state index in [-0.39, 0.29) is 31.1 Å². The summed E-state index contributed by atoms with van der Waals surface area (Å²) in [5, 5.41) is 0. The maximum Gasteiger partial charge on any atom is 0.311 e. The first-order valence-electron chi connectivity index (χ1n) is 9.66. The third kappa shape index (κ3) is 9.81. The summed E-state index contributed by atoms with van der Waals surface area (Å²) in [4.78, 5) is 24.5. The Labute approximate surface area is 180 Å². The first kappa shape index (κ1) is 26.2. The van der Waals surface area contributed by atoms with Crippen molar-refractivity contribution in [3.8, 4) is 5.75 Å². The lowest BCUT2D eigenvalue weighted by atomic mass is 9.97. The highest BCUT2D eigenvalue weighted by atomic mass is 31.2. The molecular weight excluding hydrogens is 407 g/mol. The number of rotatable bonds is 13. The van der Waals surface area contributed by atoms with Gasteiger partial charge in [-0.2, -0.15) is 0 Å². The van der Waals surface area contributed by atoms with Crippen molar-refractivity contribution in [2.24, 2.45) is 5.41 Å². The first-order chi connectivity index (χ1) is 14.2. The van der Waals surface area contributed by atoms with E-state index in [9.17, 15) is 9.59 Å². The van der Waals surface area contributed by atoms with E-state index in [1.807, 2.05) is 24.3 Å². The third-order valence-electron chi connectivity index (χ3n) is 4.10. The minimum atomic E-state index is -1.28. The minimum Gasteiger partial charge on any atom is -0.497 e. The Hall–Kier alpha value is -1.79. The molecule has 0 N–H and O–H groups in total. The highest BCUT2D eigenvalue weighted by molar-refractivity contribution is 7.48. The largest absolute Gasteiger partial charge is 0.497 e. The predicted octanol–water partition coefficient (Wildman–Crippen LogP) is 4.29. The zero-order valence-electron chi connectivity index (χ0n) is 18.7. The van der Waals surface area contributed by atoms with Crippen molar-refractivity contribution in [3.63, 3.8) is 0 Å². The lowest BCUT2D eigenvalue weighted by molar-refractivity contribution is -0.151. The molecule has 30 heavy (non-hydrogen) atoms. The molecule has 8 heteroatoms. The van der Waals surface area contributed by atoms with E-state index in [1.54, 1.807) is 40.0 Å². The van der Waals surface area contributed by atoms with Gasteiger partial charge < -0.3 is 23.3 Å². The Bertz CT molecular complexity index is 676. The molecular formula is C22H33O7P. The van der Waals surface area contributed by atoms with Gasteiger partial charge in [0.25, 0.3) is 0 Å². The summed E-state index contributed by atoms with van der Waals surface area (Å²) in [6, 6.07) is 7.46. The van der Waals surface area contributed by atoms with Crippen LogP contribution in [-0.2, 0) is 34.7 Å². The van der Waals surface area contributed by atoms with Crippen LogP contribution < -0.4 is 4.74 Å². The number of hydrogen-bond donors (Lipinski definition) is 0. The number of benzene rings is 1. The van der Waals surface area contributed by atoms with Gasteiger partial charge in [0.05, 0.1) is 25.3 Å². The Kier molecular flexibility index (Phi) is 11.8. The van der Waals surface area contributed by atoms with Crippen molar-refractivity contribution in [3.05, 3.63) is 42.0 Å². The van der Waals surface area contributed by atoms with Crippen LogP contribution in [0.5, 0.6) is 5.75 Å². The normalized spacial score (nSPS) is 12.9. The Balaban J connectivity index is 2.68. The van der Waals surface area contributed by atoms with E-state index in [0.717, 1.165) is 11.3 Å². The summed E-state index contributed by atoms with van der Waals surface area (Å²) in [6.45, 7) is 5.82. The summed E-state index contributed by atoms with van der Waals surface area (Å²) in [7, 11) is 3.35. The molecule has 0 heterocycles. The molecule has 7 nitrogen and oxygen atoms in total. The van der Waals surface area contributed by atoms with Crippen LogP contribution in [0.3, 0.4) is 0 Å². The number of ketones is 1. The number of hydrogen-bond acceptors (Lipinski definition) is 7. The van der Waals surface area contributed by atoms with E-state index >= 15 is 0 Å². The molecule has 0 radical (unpaired) electrons. The number of carbonyl (C=O) groups excluding carboxylic acids is 2. The molecule has 1 rings (SSSR count). The van der Waals surface area contributed by atoms with Crippen molar-refractivity contribution in [2.45, 2.75) is 39.9 Å². The van der Waals surface area contributed by atoms with Gasteiger partial charge in [0.2, 0.25) is 0 Å². The molecule has 0 spiro atoms. The molecule has 0 fully saturated rings. The van der Waals surface area contributed by atoms with E-state index in [2.05, 4.69) is 0 Å². The van der Waals surface area contributed by atoms with Crippen LogP contribution in [0.2, 0.25) is 0 Å². The smallest absolute Gasteiger partial charge is 0.311 e. The molecule has 0 amide bonds. The monoisotopic (exact) mass is 440 g/mol. The Morgan fingerprint density at radius 1 is 1.03 bits per heavy atom. The molecule has 1 atom stereocenters. The molecule has 1 aromatic rings. The average molecular weight is 440 g/mol. The van der Waals surface area contributed by atoms with Gasteiger partial charge in [-0.3, -0.25) is 9.59 Å². The predicted molar refractivity (Wildman–Crippen MR) is 117 cm³/mol. The zero-order valence-corrected chi connectivity index (χ0v) is 19.6. The molecule has 0 aliphatic carbocycles. The number of Topliss-reactive ketones (excluding diaryl/α,β-unsaturated/α-hetero) is 1. The van der Waals surface area contributed by atoms with E-state index in [4.69, 9.17) is 23.3 Å². The van der Waals surface area contributed by atoms with Gasteiger partial charge in [-0.15, -0.1) is 0 Å². The van der Waals surface area contributed by atoms with Crippen LogP contribution in [0.25, 0.3) is 0 Å². The first-order valence-corrected chi connectivity index (χ1v) is 11.0. The second-order valence-corrected chi connectivity index (χ2v) is 9.24. The van der Waals surface area contributed by atoms with Crippen molar-refractivity contribution in [1.29, 1.82) is 0 Å². The van der Waals surface area contributed by atoms with Crippen molar-refractivity contribution in [1.82, 2.24) is 0 Å². The van der Waals surface area contributed by atoms with Crippen molar-refractivity contribution >= 4 is 20.1 Å². The molecule has 0 unspecified atom stereocenters. The fourth-order valence-electron chi connectivity index (χ4n) is 2.27. The number of ether oxygens (including phenoxy) is 3. The SMILES string of the molecule is COc1ccc(CO[C@@H](CC=CCOC(=O)C(C)(C)C)C(=O)CP(OC)OC)cc1. The molecule has 0 aliphatic rings. The summed E-state index contributed by atoms with van der Waals surface area (Å²) in [5.74, 6) is 0.376. The second-order valence-electron chi connectivity index (χ2n) is 7.53. The fourth-order valence-corrected chi connectivity index (χ4v) is 3.14. The maximum atomic E-state index is 12.7. The molecule has 0 aromatic heterocycles. The van der Waals surface area contributed by atoms with Crippen LogP contribution in [0.1, 0.15) is 32.8 Å². The van der Waals surface area contributed by atoms with Gasteiger partial charge in [-0.1, -0.05) is 24.3 Å². The lowest BCUT2D eigenvalue weighted by Crippen LogP contribution is -2.26. The standard InChI is InChI=1S/C22H33O7P/c1-22(2,3)21(24)28-14-8-7-9-20(19(23)16-30(26-5)27-6)29-15-17-10-12-18(25-4)13-11-17/h7-8,10-13,20H,9,14-16H2,1-6H3/t20-/m0/s1. The number of carbonyl (C=O) groups is 2. The van der Waals surface area contributed by atoms with Gasteiger partial charge in [0.1, 0.15) is 18.5 Å². The fraction of sp³-hybridized carbons (Fsp3) is 0.545. The highest BCUT2D eigenvalue weighted by Gasteiger charge is 2.24. The average Bonchev–Trinajstić information content (AvgIpc) is 2.73. The number of methoxy groups -OCH3 is 1. The summed E-state index contributed by atoms with van der Waals surface area (Å²) < 4.78 is 26.6. The van der Waals surface area contributed by atoms with Crippen LogP contribution in [-0.4, -0.2) is 52.0 Å². The van der Waals surface area contributed by atoms with Crippen LogP contribution >= 0.6 is 8.38 Å².